The summed E-state index contributed by atoms with van der Waals surface area (Å²) < 4.78 is 19.6. The molecule has 2 aromatic carbocycles. The zero-order valence-corrected chi connectivity index (χ0v) is 17.6. The molecule has 28 heavy (non-hydrogen) atoms. The molecule has 3 atom stereocenters. The Labute approximate surface area is 168 Å². The van der Waals surface area contributed by atoms with E-state index < -0.39 is 7.29 Å². The van der Waals surface area contributed by atoms with Gasteiger partial charge in [-0.3, -0.25) is 9.88 Å². The van der Waals surface area contributed by atoms with Crippen LogP contribution in [0.1, 0.15) is 62.0 Å². The monoisotopic (exact) mass is 399 g/mol. The molecule has 0 amide bonds. The summed E-state index contributed by atoms with van der Waals surface area (Å²) in [5.74, 6) is -0.236. The van der Waals surface area contributed by atoms with E-state index in [9.17, 15) is 9.36 Å². The maximum Gasteiger partial charge on any atom is 0.307 e. The molecule has 0 bridgehead atoms. The predicted molar refractivity (Wildman–Crippen MR) is 114 cm³/mol. The fourth-order valence-corrected chi connectivity index (χ4v) is 8.15. The summed E-state index contributed by atoms with van der Waals surface area (Å²) in [5.41, 5.74) is 2.16. The van der Waals surface area contributed by atoms with Crippen molar-refractivity contribution in [2.45, 2.75) is 56.9 Å². The molecule has 1 N–H and O–H groups in total. The highest BCUT2D eigenvalue weighted by Gasteiger charge is 2.48. The SMILES string of the molecule is CCOC(=O)C[C@H](CC)NP1(=O)[C@H](c2ccccc2)CC[C@H]1c1ccccc1. The number of hydrogen-bond donors (Lipinski definition) is 1. The molecule has 3 rings (SSSR count). The summed E-state index contributed by atoms with van der Waals surface area (Å²) in [4.78, 5) is 12.0. The van der Waals surface area contributed by atoms with Gasteiger partial charge >= 0.3 is 5.97 Å². The highest BCUT2D eigenvalue weighted by molar-refractivity contribution is 7.63. The molecule has 1 saturated heterocycles. The number of hydrogen-bond acceptors (Lipinski definition) is 3. The van der Waals surface area contributed by atoms with Gasteiger partial charge in [-0.25, -0.2) is 0 Å². The fraction of sp³-hybridized carbons (Fsp3) is 0.435. The highest BCUT2D eigenvalue weighted by atomic mass is 31.2. The van der Waals surface area contributed by atoms with Gasteiger partial charge in [0.25, 0.3) is 0 Å². The molecule has 2 aromatic rings. The van der Waals surface area contributed by atoms with Gasteiger partial charge in [0, 0.05) is 6.04 Å². The smallest absolute Gasteiger partial charge is 0.307 e. The van der Waals surface area contributed by atoms with Crippen LogP contribution in [-0.4, -0.2) is 18.6 Å². The van der Waals surface area contributed by atoms with Crippen LogP contribution in [0.3, 0.4) is 0 Å². The van der Waals surface area contributed by atoms with E-state index >= 15 is 0 Å². The Morgan fingerprint density at radius 1 is 1.00 bits per heavy atom. The van der Waals surface area contributed by atoms with Crippen molar-refractivity contribution in [2.75, 3.05) is 6.61 Å². The third kappa shape index (κ3) is 4.56. The van der Waals surface area contributed by atoms with Crippen molar-refractivity contribution in [3.05, 3.63) is 71.8 Å². The van der Waals surface area contributed by atoms with Crippen LogP contribution in [0.25, 0.3) is 0 Å². The van der Waals surface area contributed by atoms with E-state index in [0.29, 0.717) is 6.61 Å². The van der Waals surface area contributed by atoms with E-state index in [1.54, 1.807) is 0 Å². The first kappa shape index (κ1) is 20.8. The van der Waals surface area contributed by atoms with Gasteiger partial charge in [-0.2, -0.15) is 0 Å². The third-order valence-corrected chi connectivity index (χ3v) is 9.34. The lowest BCUT2D eigenvalue weighted by Crippen LogP contribution is -2.31. The lowest BCUT2D eigenvalue weighted by Gasteiger charge is -2.31. The second-order valence-corrected chi connectivity index (χ2v) is 10.3. The zero-order valence-electron chi connectivity index (χ0n) is 16.7. The standard InChI is InChI=1S/C23H30NO3P/c1-3-20(17-23(25)27-4-2)24-28(26)21(18-11-7-5-8-12-18)15-16-22(28)19-13-9-6-10-14-19/h5-14,20-22H,3-4,15-17H2,1-2H3,(H,24,26)/t20-,21-,22-/m0/s1. The summed E-state index contributed by atoms with van der Waals surface area (Å²) in [6, 6.07) is 20.1. The van der Waals surface area contributed by atoms with Crippen molar-refractivity contribution in [3.63, 3.8) is 0 Å². The Kier molecular flexibility index (Phi) is 7.09. The molecule has 0 radical (unpaired) electrons. The van der Waals surface area contributed by atoms with E-state index in [-0.39, 0.29) is 29.7 Å². The molecule has 1 fully saturated rings. The molecule has 0 spiro atoms. The van der Waals surface area contributed by atoms with Gasteiger partial charge in [-0.1, -0.05) is 67.6 Å². The van der Waals surface area contributed by atoms with Crippen molar-refractivity contribution in [1.82, 2.24) is 5.09 Å². The lowest BCUT2D eigenvalue weighted by molar-refractivity contribution is -0.143. The van der Waals surface area contributed by atoms with E-state index in [2.05, 4.69) is 29.4 Å². The Balaban J connectivity index is 1.92. The molecular formula is C23H30NO3P. The zero-order chi connectivity index (χ0) is 20.0. The van der Waals surface area contributed by atoms with Crippen molar-refractivity contribution in [1.29, 1.82) is 0 Å². The quantitative estimate of drug-likeness (QED) is 0.446. The summed E-state index contributed by atoms with van der Waals surface area (Å²) in [7, 11) is -2.84. The van der Waals surface area contributed by atoms with Crippen molar-refractivity contribution < 1.29 is 14.1 Å². The summed E-state index contributed by atoms with van der Waals surface area (Å²) >= 11 is 0. The highest BCUT2D eigenvalue weighted by Crippen LogP contribution is 2.74. The van der Waals surface area contributed by atoms with Crippen LogP contribution in [0.15, 0.2) is 60.7 Å². The van der Waals surface area contributed by atoms with Crippen LogP contribution in [0.4, 0.5) is 0 Å². The molecule has 5 heteroatoms. The first-order valence-electron chi connectivity index (χ1n) is 10.2. The molecule has 1 aliphatic rings. The third-order valence-electron chi connectivity index (χ3n) is 5.60. The largest absolute Gasteiger partial charge is 0.466 e. The van der Waals surface area contributed by atoms with Gasteiger partial charge in [0.1, 0.15) is 0 Å². The summed E-state index contributed by atoms with van der Waals surface area (Å²) in [5, 5.41) is 3.48. The van der Waals surface area contributed by atoms with Crippen LogP contribution in [-0.2, 0) is 14.1 Å². The topological polar surface area (TPSA) is 55.4 Å². The Morgan fingerprint density at radius 3 is 1.93 bits per heavy atom. The average Bonchev–Trinajstić information content (AvgIpc) is 3.05. The second kappa shape index (κ2) is 9.54. The van der Waals surface area contributed by atoms with Crippen molar-refractivity contribution in [3.8, 4) is 0 Å². The van der Waals surface area contributed by atoms with Gasteiger partial charge in [-0.05, 0) is 37.3 Å². The number of benzene rings is 2. The van der Waals surface area contributed by atoms with Gasteiger partial charge in [0.2, 0.25) is 0 Å². The van der Waals surface area contributed by atoms with E-state index in [0.717, 1.165) is 30.4 Å². The normalized spacial score (nSPS) is 21.9. The first-order chi connectivity index (χ1) is 13.6. The Morgan fingerprint density at radius 2 is 1.50 bits per heavy atom. The summed E-state index contributed by atoms with van der Waals surface area (Å²) in [6.45, 7) is 4.20. The molecule has 0 aliphatic carbocycles. The average molecular weight is 399 g/mol. The number of nitrogens with one attached hydrogen (secondary N) is 1. The fourth-order valence-electron chi connectivity index (χ4n) is 4.21. The number of ether oxygens (including phenoxy) is 1. The number of rotatable bonds is 8. The Hall–Kier alpha value is -1.90. The van der Waals surface area contributed by atoms with Gasteiger partial charge in [-0.15, -0.1) is 0 Å². The van der Waals surface area contributed by atoms with E-state index in [1.165, 1.54) is 0 Å². The predicted octanol–water partition coefficient (Wildman–Crippen LogP) is 5.86. The van der Waals surface area contributed by atoms with Crippen molar-refractivity contribution in [2.24, 2.45) is 0 Å². The maximum atomic E-state index is 14.5. The molecule has 1 heterocycles. The number of esters is 1. The van der Waals surface area contributed by atoms with Gasteiger partial charge in [0.15, 0.2) is 7.29 Å². The van der Waals surface area contributed by atoms with Crippen molar-refractivity contribution >= 4 is 13.3 Å². The van der Waals surface area contributed by atoms with Crippen LogP contribution in [0.2, 0.25) is 0 Å². The van der Waals surface area contributed by atoms with Gasteiger partial charge < -0.3 is 9.30 Å². The first-order valence-corrected chi connectivity index (χ1v) is 12.1. The minimum atomic E-state index is -2.84. The van der Waals surface area contributed by atoms with Crippen LogP contribution in [0, 0.1) is 0 Å². The molecule has 0 aromatic heterocycles. The maximum absolute atomic E-state index is 14.5. The van der Waals surface area contributed by atoms with Gasteiger partial charge in [0.05, 0.1) is 24.3 Å². The summed E-state index contributed by atoms with van der Waals surface area (Å²) in [6.07, 6.45) is 2.73. The lowest BCUT2D eigenvalue weighted by atomic mass is 10.0. The Bertz CT molecular complexity index is 758. The van der Waals surface area contributed by atoms with Crippen LogP contribution in [0.5, 0.6) is 0 Å². The molecule has 0 unspecified atom stereocenters. The molecule has 150 valence electrons. The molecule has 1 aliphatic heterocycles. The van der Waals surface area contributed by atoms with Crippen LogP contribution >= 0.6 is 7.29 Å². The van der Waals surface area contributed by atoms with E-state index in [1.807, 2.05) is 50.2 Å². The minimum absolute atomic E-state index is 0.0323. The second-order valence-electron chi connectivity index (χ2n) is 7.38. The molecule has 4 nitrogen and oxygen atoms in total. The molecular weight excluding hydrogens is 369 g/mol. The van der Waals surface area contributed by atoms with E-state index in [4.69, 9.17) is 4.74 Å². The number of carbonyl (C=O) groups excluding carboxylic acids is 1. The molecule has 0 saturated carbocycles. The number of carbonyl (C=O) groups is 1. The van der Waals surface area contributed by atoms with Crippen LogP contribution < -0.4 is 5.09 Å². The minimum Gasteiger partial charge on any atom is -0.466 e.